The van der Waals surface area contributed by atoms with Crippen molar-refractivity contribution in [1.82, 2.24) is 0 Å². The van der Waals surface area contributed by atoms with E-state index in [0.717, 1.165) is 22.7 Å². The van der Waals surface area contributed by atoms with Crippen LogP contribution in [0.4, 0.5) is 11.4 Å². The molecule has 3 aromatic rings. The first-order chi connectivity index (χ1) is 15.1. The number of hydrogen-bond acceptors (Lipinski definition) is 4. The zero-order valence-corrected chi connectivity index (χ0v) is 18.3. The maximum Gasteiger partial charge on any atom is 0.261 e. The Labute approximate surface area is 187 Å². The molecule has 1 aliphatic rings. The Bertz CT molecular complexity index is 1050. The van der Waals surface area contributed by atoms with Crippen molar-refractivity contribution >= 4 is 34.6 Å². The summed E-state index contributed by atoms with van der Waals surface area (Å²) < 4.78 is 11.1. The first-order valence-corrected chi connectivity index (χ1v) is 10.7. The Hall–Kier alpha value is -3.38. The third-order valence-electron chi connectivity index (χ3n) is 5.06. The number of hydrogen-bond donors (Lipinski definition) is 0. The summed E-state index contributed by atoms with van der Waals surface area (Å²) in [5.41, 5.74) is 2.44. The van der Waals surface area contributed by atoms with E-state index in [9.17, 15) is 4.79 Å². The van der Waals surface area contributed by atoms with Crippen LogP contribution in [0.25, 0.3) is 0 Å². The molecule has 1 amide bonds. The molecule has 0 N–H and O–H groups in total. The van der Waals surface area contributed by atoms with E-state index in [4.69, 9.17) is 21.7 Å². The molecule has 0 aromatic heterocycles. The standard InChI is InChI=1S/C25H24N2O3S/c1-3-29-21-14-10-19(11-15-21)26-23(18-8-6-5-7-9-18)24(28)27(25(26)31)20-12-16-22(17-13-20)30-4-2/h5-17,23H,3-4H2,1-2H3/t23-/m0/s1. The molecule has 0 aliphatic carbocycles. The lowest BCUT2D eigenvalue weighted by molar-refractivity contribution is -0.118. The van der Waals surface area contributed by atoms with E-state index < -0.39 is 6.04 Å². The van der Waals surface area contributed by atoms with Gasteiger partial charge in [0.05, 0.1) is 18.9 Å². The molecule has 1 heterocycles. The number of nitrogens with zero attached hydrogens (tertiary/aromatic N) is 2. The number of ether oxygens (including phenoxy) is 2. The average molecular weight is 433 g/mol. The van der Waals surface area contributed by atoms with Crippen LogP contribution in [0, 0.1) is 0 Å². The van der Waals surface area contributed by atoms with Gasteiger partial charge in [0.2, 0.25) is 0 Å². The van der Waals surface area contributed by atoms with Gasteiger partial charge in [-0.2, -0.15) is 0 Å². The third-order valence-corrected chi connectivity index (χ3v) is 5.44. The van der Waals surface area contributed by atoms with Crippen molar-refractivity contribution in [2.45, 2.75) is 19.9 Å². The first kappa shape index (κ1) is 20.9. The molecule has 1 saturated heterocycles. The van der Waals surface area contributed by atoms with Crippen molar-refractivity contribution in [3.63, 3.8) is 0 Å². The number of rotatable bonds is 7. The predicted molar refractivity (Wildman–Crippen MR) is 127 cm³/mol. The summed E-state index contributed by atoms with van der Waals surface area (Å²) in [6.45, 7) is 5.06. The molecule has 6 heteroatoms. The van der Waals surface area contributed by atoms with Crippen LogP contribution in [-0.2, 0) is 4.79 Å². The van der Waals surface area contributed by atoms with Gasteiger partial charge in [-0.15, -0.1) is 0 Å². The topological polar surface area (TPSA) is 42.0 Å². The molecule has 3 aromatic carbocycles. The fraction of sp³-hybridized carbons (Fsp3) is 0.200. The molecule has 4 rings (SSSR count). The summed E-state index contributed by atoms with van der Waals surface area (Å²) in [5, 5.41) is 0.437. The van der Waals surface area contributed by atoms with Crippen LogP contribution in [0.3, 0.4) is 0 Å². The van der Waals surface area contributed by atoms with Gasteiger partial charge in [-0.05, 0) is 80.2 Å². The van der Waals surface area contributed by atoms with Crippen LogP contribution in [0.5, 0.6) is 11.5 Å². The van der Waals surface area contributed by atoms with Gasteiger partial charge in [-0.1, -0.05) is 30.3 Å². The fourth-order valence-electron chi connectivity index (χ4n) is 3.70. The van der Waals surface area contributed by atoms with Gasteiger partial charge in [-0.25, -0.2) is 0 Å². The zero-order chi connectivity index (χ0) is 21.8. The molecule has 0 radical (unpaired) electrons. The average Bonchev–Trinajstić information content (AvgIpc) is 3.06. The Morgan fingerprint density at radius 1 is 0.774 bits per heavy atom. The summed E-state index contributed by atoms with van der Waals surface area (Å²) in [6, 6.07) is 24.2. The molecule has 5 nitrogen and oxygen atoms in total. The van der Waals surface area contributed by atoms with Crippen LogP contribution < -0.4 is 19.3 Å². The van der Waals surface area contributed by atoms with Crippen LogP contribution in [-0.4, -0.2) is 24.2 Å². The van der Waals surface area contributed by atoms with Gasteiger partial charge in [-0.3, -0.25) is 9.69 Å². The Balaban J connectivity index is 1.74. The maximum atomic E-state index is 13.6. The molecule has 1 aliphatic heterocycles. The van der Waals surface area contributed by atoms with Gasteiger partial charge in [0.1, 0.15) is 17.5 Å². The second-order valence-corrected chi connectivity index (χ2v) is 7.36. The second kappa shape index (κ2) is 9.18. The largest absolute Gasteiger partial charge is 0.494 e. The van der Waals surface area contributed by atoms with Gasteiger partial charge in [0, 0.05) is 5.69 Å². The number of thiocarbonyl (C=S) groups is 1. The van der Waals surface area contributed by atoms with Crippen LogP contribution in [0.1, 0.15) is 25.5 Å². The summed E-state index contributed by atoms with van der Waals surface area (Å²) in [5.74, 6) is 1.45. The van der Waals surface area contributed by atoms with E-state index in [0.29, 0.717) is 24.0 Å². The Morgan fingerprint density at radius 3 is 1.81 bits per heavy atom. The first-order valence-electron chi connectivity index (χ1n) is 10.3. The normalized spacial score (nSPS) is 16.0. The Kier molecular flexibility index (Phi) is 6.18. The number of benzene rings is 3. The molecular weight excluding hydrogens is 408 g/mol. The van der Waals surface area contributed by atoms with E-state index in [1.807, 2.05) is 97.6 Å². The minimum atomic E-state index is -0.543. The molecule has 158 valence electrons. The summed E-state index contributed by atoms with van der Waals surface area (Å²) in [4.78, 5) is 17.1. The number of anilines is 2. The molecule has 0 spiro atoms. The van der Waals surface area contributed by atoms with Crippen molar-refractivity contribution in [3.05, 3.63) is 84.4 Å². The molecule has 31 heavy (non-hydrogen) atoms. The van der Waals surface area contributed by atoms with Gasteiger partial charge < -0.3 is 14.4 Å². The van der Waals surface area contributed by atoms with Crippen LogP contribution in [0.15, 0.2) is 78.9 Å². The smallest absolute Gasteiger partial charge is 0.261 e. The highest BCUT2D eigenvalue weighted by Gasteiger charge is 2.44. The van der Waals surface area contributed by atoms with Crippen molar-refractivity contribution in [2.75, 3.05) is 23.0 Å². The van der Waals surface area contributed by atoms with Gasteiger partial charge in [0.15, 0.2) is 5.11 Å². The lowest BCUT2D eigenvalue weighted by atomic mass is 10.1. The molecule has 0 unspecified atom stereocenters. The lowest BCUT2D eigenvalue weighted by Gasteiger charge is -2.24. The summed E-state index contributed by atoms with van der Waals surface area (Å²) in [7, 11) is 0. The summed E-state index contributed by atoms with van der Waals surface area (Å²) >= 11 is 5.82. The molecule has 1 fully saturated rings. The molecule has 0 saturated carbocycles. The van der Waals surface area contributed by atoms with E-state index >= 15 is 0 Å². The maximum absolute atomic E-state index is 13.6. The molecular formula is C25H24N2O3S. The minimum absolute atomic E-state index is 0.0887. The molecule has 1 atom stereocenters. The highest BCUT2D eigenvalue weighted by molar-refractivity contribution is 7.81. The highest BCUT2D eigenvalue weighted by Crippen LogP contribution is 2.39. The van der Waals surface area contributed by atoms with Crippen molar-refractivity contribution < 1.29 is 14.3 Å². The second-order valence-electron chi connectivity index (χ2n) is 6.99. The highest BCUT2D eigenvalue weighted by atomic mass is 32.1. The quantitative estimate of drug-likeness (QED) is 0.470. The van der Waals surface area contributed by atoms with E-state index in [1.165, 1.54) is 0 Å². The van der Waals surface area contributed by atoms with E-state index in [2.05, 4.69) is 0 Å². The molecule has 0 bridgehead atoms. The van der Waals surface area contributed by atoms with Crippen LogP contribution >= 0.6 is 12.2 Å². The van der Waals surface area contributed by atoms with Gasteiger partial charge >= 0.3 is 0 Å². The lowest BCUT2D eigenvalue weighted by Crippen LogP contribution is -2.32. The van der Waals surface area contributed by atoms with Crippen LogP contribution in [0.2, 0.25) is 0 Å². The van der Waals surface area contributed by atoms with Gasteiger partial charge in [0.25, 0.3) is 5.91 Å². The predicted octanol–water partition coefficient (Wildman–Crippen LogP) is 5.36. The fourth-order valence-corrected chi connectivity index (χ4v) is 4.10. The minimum Gasteiger partial charge on any atom is -0.494 e. The number of amides is 1. The van der Waals surface area contributed by atoms with Crippen molar-refractivity contribution in [2.24, 2.45) is 0 Å². The van der Waals surface area contributed by atoms with Crippen molar-refractivity contribution in [3.8, 4) is 11.5 Å². The summed E-state index contributed by atoms with van der Waals surface area (Å²) in [6.07, 6.45) is 0. The number of carbonyl (C=O) groups is 1. The van der Waals surface area contributed by atoms with E-state index in [-0.39, 0.29) is 5.91 Å². The van der Waals surface area contributed by atoms with Crippen molar-refractivity contribution in [1.29, 1.82) is 0 Å². The third kappa shape index (κ3) is 4.11. The Morgan fingerprint density at radius 2 is 1.29 bits per heavy atom. The van der Waals surface area contributed by atoms with E-state index in [1.54, 1.807) is 4.90 Å². The monoisotopic (exact) mass is 432 g/mol. The SMILES string of the molecule is CCOc1ccc(N2C(=O)[C@H](c3ccccc3)N(c3ccc(OCC)cc3)C2=S)cc1. The number of carbonyl (C=O) groups excluding carboxylic acids is 1. The zero-order valence-electron chi connectivity index (χ0n) is 17.5.